The summed E-state index contributed by atoms with van der Waals surface area (Å²) in [6, 6.07) is 0. The molecule has 0 aromatic carbocycles. The third kappa shape index (κ3) is 2.96. The number of ether oxygens (including phenoxy) is 1. The summed E-state index contributed by atoms with van der Waals surface area (Å²) in [5.41, 5.74) is 6.49. The highest BCUT2D eigenvalue weighted by atomic mass is 16.5. The normalized spacial score (nSPS) is 10.4. The third-order valence-electron chi connectivity index (χ3n) is 2.12. The topological polar surface area (TPSA) is 82.2 Å². The lowest BCUT2D eigenvalue weighted by atomic mass is 10.3. The fourth-order valence-corrected chi connectivity index (χ4v) is 1.35. The van der Waals surface area contributed by atoms with Crippen molar-refractivity contribution in [3.05, 3.63) is 11.9 Å². The summed E-state index contributed by atoms with van der Waals surface area (Å²) in [6.07, 6.45) is 1.49. The second-order valence-corrected chi connectivity index (χ2v) is 3.22. The van der Waals surface area contributed by atoms with Gasteiger partial charge in [-0.3, -0.25) is 9.48 Å². The maximum Gasteiger partial charge on any atom is 0.271 e. The monoisotopic (exact) mass is 226 g/mol. The van der Waals surface area contributed by atoms with Crippen molar-refractivity contribution in [2.24, 2.45) is 0 Å². The lowest BCUT2D eigenvalue weighted by Gasteiger charge is -2.07. The van der Waals surface area contributed by atoms with E-state index < -0.39 is 0 Å². The molecule has 0 fully saturated rings. The first-order valence-corrected chi connectivity index (χ1v) is 5.37. The Morgan fingerprint density at radius 3 is 3.00 bits per heavy atom. The summed E-state index contributed by atoms with van der Waals surface area (Å²) >= 11 is 0. The molecule has 0 saturated carbocycles. The van der Waals surface area contributed by atoms with Gasteiger partial charge in [0.15, 0.2) is 0 Å². The van der Waals surface area contributed by atoms with Crippen LogP contribution in [0.3, 0.4) is 0 Å². The Balaban J connectivity index is 2.55. The van der Waals surface area contributed by atoms with Gasteiger partial charge in [0.25, 0.3) is 5.91 Å². The number of nitrogen functional groups attached to an aromatic ring is 1. The first kappa shape index (κ1) is 12.5. The van der Waals surface area contributed by atoms with Crippen LogP contribution >= 0.6 is 0 Å². The van der Waals surface area contributed by atoms with Gasteiger partial charge in [0.05, 0.1) is 18.5 Å². The number of aryl methyl sites for hydroxylation is 1. The van der Waals surface area contributed by atoms with E-state index in [4.69, 9.17) is 10.5 Å². The minimum atomic E-state index is -0.212. The van der Waals surface area contributed by atoms with Gasteiger partial charge in [0.2, 0.25) is 0 Å². The largest absolute Gasteiger partial charge is 0.396 e. The Kier molecular flexibility index (Phi) is 4.78. The summed E-state index contributed by atoms with van der Waals surface area (Å²) < 4.78 is 6.69. The molecule has 0 aliphatic heterocycles. The zero-order valence-electron chi connectivity index (χ0n) is 9.69. The van der Waals surface area contributed by atoms with Crippen LogP contribution in [0, 0.1) is 0 Å². The number of anilines is 1. The maximum absolute atomic E-state index is 11.8. The van der Waals surface area contributed by atoms with Gasteiger partial charge in [-0.15, -0.1) is 0 Å². The van der Waals surface area contributed by atoms with Crippen LogP contribution in [0.25, 0.3) is 0 Å². The number of nitrogens with one attached hydrogen (secondary N) is 1. The summed E-state index contributed by atoms with van der Waals surface area (Å²) in [5, 5.41) is 6.73. The highest BCUT2D eigenvalue weighted by Crippen LogP contribution is 2.09. The molecule has 0 radical (unpaired) electrons. The first-order chi connectivity index (χ1) is 7.70. The van der Waals surface area contributed by atoms with Crippen LogP contribution in [0.15, 0.2) is 6.20 Å². The zero-order chi connectivity index (χ0) is 12.0. The van der Waals surface area contributed by atoms with Crippen molar-refractivity contribution in [1.29, 1.82) is 0 Å². The van der Waals surface area contributed by atoms with Crippen LogP contribution in [0.2, 0.25) is 0 Å². The van der Waals surface area contributed by atoms with E-state index in [0.29, 0.717) is 37.7 Å². The number of carbonyl (C=O) groups is 1. The summed E-state index contributed by atoms with van der Waals surface area (Å²) in [5.74, 6) is -0.212. The fourth-order valence-electron chi connectivity index (χ4n) is 1.35. The molecular formula is C10H18N4O2. The number of hydrogen-bond acceptors (Lipinski definition) is 4. The molecule has 0 aliphatic carbocycles. The molecule has 0 saturated heterocycles. The van der Waals surface area contributed by atoms with Gasteiger partial charge in [0.1, 0.15) is 5.69 Å². The van der Waals surface area contributed by atoms with Gasteiger partial charge in [-0.1, -0.05) is 0 Å². The van der Waals surface area contributed by atoms with E-state index in [1.54, 1.807) is 4.68 Å². The van der Waals surface area contributed by atoms with Crippen LogP contribution in [-0.2, 0) is 11.3 Å². The van der Waals surface area contributed by atoms with E-state index in [1.165, 1.54) is 6.20 Å². The van der Waals surface area contributed by atoms with E-state index in [9.17, 15) is 4.79 Å². The average Bonchev–Trinajstić information content (AvgIpc) is 2.65. The molecule has 3 N–H and O–H groups in total. The van der Waals surface area contributed by atoms with Crippen molar-refractivity contribution in [3.63, 3.8) is 0 Å². The van der Waals surface area contributed by atoms with E-state index in [2.05, 4.69) is 10.4 Å². The summed E-state index contributed by atoms with van der Waals surface area (Å²) in [7, 11) is 0. The Morgan fingerprint density at radius 2 is 2.38 bits per heavy atom. The average molecular weight is 226 g/mol. The first-order valence-electron chi connectivity index (χ1n) is 5.37. The standard InChI is InChI=1S/C10H18N4O2/c1-3-14-9(8(11)7-13-14)10(15)12-5-6-16-4-2/h7H,3-6,11H2,1-2H3,(H,12,15). The Hall–Kier alpha value is -1.56. The van der Waals surface area contributed by atoms with E-state index in [-0.39, 0.29) is 5.91 Å². The van der Waals surface area contributed by atoms with Gasteiger partial charge in [-0.25, -0.2) is 0 Å². The SMILES string of the molecule is CCOCCNC(=O)c1c(N)cnn1CC. The van der Waals surface area contributed by atoms with Crippen molar-refractivity contribution < 1.29 is 9.53 Å². The molecule has 0 aliphatic rings. The number of hydrogen-bond donors (Lipinski definition) is 2. The lowest BCUT2D eigenvalue weighted by Crippen LogP contribution is -2.30. The number of rotatable bonds is 6. The molecule has 0 unspecified atom stereocenters. The summed E-state index contributed by atoms with van der Waals surface area (Å²) in [4.78, 5) is 11.8. The Morgan fingerprint density at radius 1 is 1.62 bits per heavy atom. The molecule has 6 nitrogen and oxygen atoms in total. The van der Waals surface area contributed by atoms with Crippen molar-refractivity contribution in [1.82, 2.24) is 15.1 Å². The van der Waals surface area contributed by atoms with Crippen molar-refractivity contribution >= 4 is 11.6 Å². The molecule has 90 valence electrons. The van der Waals surface area contributed by atoms with Crippen LogP contribution in [0.4, 0.5) is 5.69 Å². The molecule has 0 atom stereocenters. The highest BCUT2D eigenvalue weighted by Gasteiger charge is 2.15. The highest BCUT2D eigenvalue weighted by molar-refractivity contribution is 5.97. The number of carbonyl (C=O) groups excluding carboxylic acids is 1. The molecule has 1 aromatic heterocycles. The van der Waals surface area contributed by atoms with Gasteiger partial charge in [0, 0.05) is 19.7 Å². The van der Waals surface area contributed by atoms with E-state index >= 15 is 0 Å². The molecule has 0 bridgehead atoms. The fraction of sp³-hybridized carbons (Fsp3) is 0.600. The van der Waals surface area contributed by atoms with Crippen LogP contribution in [0.5, 0.6) is 0 Å². The van der Waals surface area contributed by atoms with Gasteiger partial charge in [-0.2, -0.15) is 5.10 Å². The number of amides is 1. The van der Waals surface area contributed by atoms with Crippen molar-refractivity contribution in [2.75, 3.05) is 25.5 Å². The Bertz CT molecular complexity index is 349. The molecule has 1 amide bonds. The van der Waals surface area contributed by atoms with Crippen LogP contribution in [0.1, 0.15) is 24.3 Å². The second kappa shape index (κ2) is 6.12. The molecular weight excluding hydrogens is 208 g/mol. The maximum atomic E-state index is 11.8. The van der Waals surface area contributed by atoms with Crippen molar-refractivity contribution in [3.8, 4) is 0 Å². The molecule has 0 spiro atoms. The molecule has 1 heterocycles. The molecule has 1 aromatic rings. The number of aromatic nitrogens is 2. The quantitative estimate of drug-likeness (QED) is 0.681. The summed E-state index contributed by atoms with van der Waals surface area (Å²) in [6.45, 7) is 6.05. The smallest absolute Gasteiger partial charge is 0.271 e. The number of nitrogens with two attached hydrogens (primary N) is 1. The second-order valence-electron chi connectivity index (χ2n) is 3.22. The Labute approximate surface area is 94.8 Å². The van der Waals surface area contributed by atoms with E-state index in [1.807, 2.05) is 13.8 Å². The van der Waals surface area contributed by atoms with Crippen molar-refractivity contribution in [2.45, 2.75) is 20.4 Å². The zero-order valence-corrected chi connectivity index (χ0v) is 9.69. The van der Waals surface area contributed by atoms with E-state index in [0.717, 1.165) is 0 Å². The minimum Gasteiger partial charge on any atom is -0.396 e. The predicted molar refractivity (Wildman–Crippen MR) is 61.1 cm³/mol. The third-order valence-corrected chi connectivity index (χ3v) is 2.12. The van der Waals surface area contributed by atoms with Crippen LogP contribution < -0.4 is 11.1 Å². The number of nitrogens with zero attached hydrogens (tertiary/aromatic N) is 2. The molecule has 6 heteroatoms. The van der Waals surface area contributed by atoms with Gasteiger partial charge >= 0.3 is 0 Å². The minimum absolute atomic E-state index is 0.212. The van der Waals surface area contributed by atoms with Crippen LogP contribution in [-0.4, -0.2) is 35.4 Å². The lowest BCUT2D eigenvalue weighted by molar-refractivity contribution is 0.0913. The predicted octanol–water partition coefficient (Wildman–Crippen LogP) is 0.251. The molecule has 1 rings (SSSR count). The molecule has 16 heavy (non-hydrogen) atoms. The van der Waals surface area contributed by atoms with Gasteiger partial charge in [-0.05, 0) is 13.8 Å². The van der Waals surface area contributed by atoms with Gasteiger partial charge < -0.3 is 15.8 Å².